The van der Waals surface area contributed by atoms with Crippen LogP contribution in [-0.4, -0.2) is 80.4 Å². The molecule has 1 atom stereocenters. The van der Waals surface area contributed by atoms with Crippen molar-refractivity contribution in [1.82, 2.24) is 14.4 Å². The second-order valence-electron chi connectivity index (χ2n) is 9.09. The van der Waals surface area contributed by atoms with Crippen molar-refractivity contribution < 1.29 is 22.7 Å². The number of sulfonamides is 1. The first kappa shape index (κ1) is 24.6. The van der Waals surface area contributed by atoms with Crippen LogP contribution in [0.4, 0.5) is 0 Å². The van der Waals surface area contributed by atoms with Gasteiger partial charge in [0.05, 0.1) is 30.6 Å². The highest BCUT2D eigenvalue weighted by atomic mass is 32.2. The highest BCUT2D eigenvalue weighted by Crippen LogP contribution is 2.24. The number of nitrogens with two attached hydrogens (primary N) is 1. The molecule has 0 aliphatic carbocycles. The molecule has 10 heteroatoms. The molecule has 34 heavy (non-hydrogen) atoms. The first-order valence-corrected chi connectivity index (χ1v) is 13.1. The van der Waals surface area contributed by atoms with Crippen LogP contribution in [0.15, 0.2) is 35.2 Å². The van der Waals surface area contributed by atoms with Crippen LogP contribution in [0.1, 0.15) is 34.6 Å². The summed E-state index contributed by atoms with van der Waals surface area (Å²) in [6, 6.07) is 8.15. The van der Waals surface area contributed by atoms with Gasteiger partial charge in [-0.05, 0) is 63.6 Å². The number of carbonyl (C=O) groups excluding carboxylic acids is 2. The van der Waals surface area contributed by atoms with Crippen molar-refractivity contribution in [2.45, 2.75) is 31.6 Å². The molecular weight excluding hydrogens is 456 g/mol. The van der Waals surface area contributed by atoms with Crippen LogP contribution >= 0.6 is 0 Å². The Morgan fingerprint density at radius 1 is 1.09 bits per heavy atom. The van der Waals surface area contributed by atoms with Gasteiger partial charge < -0.3 is 14.2 Å². The van der Waals surface area contributed by atoms with Crippen LogP contribution in [-0.2, 0) is 19.6 Å². The number of Topliss-reactive ketones (excluding diaryl/α,β-unsaturated/α-hetero) is 1. The summed E-state index contributed by atoms with van der Waals surface area (Å²) in [7, 11) is -3.77. The van der Waals surface area contributed by atoms with E-state index in [2.05, 4.69) is 4.90 Å². The van der Waals surface area contributed by atoms with Crippen LogP contribution in [0.25, 0.3) is 5.69 Å². The van der Waals surface area contributed by atoms with E-state index in [1.807, 2.05) is 29.4 Å². The zero-order chi connectivity index (χ0) is 24.5. The number of primary sulfonamides is 1. The molecule has 3 heterocycles. The summed E-state index contributed by atoms with van der Waals surface area (Å²) in [5.41, 5.74) is 3.07. The third-order valence-electron chi connectivity index (χ3n) is 6.70. The normalized spacial score (nSPS) is 19.9. The summed E-state index contributed by atoms with van der Waals surface area (Å²) in [5.74, 6) is 0.103. The molecular formula is C24H32N4O5S. The fourth-order valence-corrected chi connectivity index (χ4v) is 5.47. The van der Waals surface area contributed by atoms with Gasteiger partial charge in [0.15, 0.2) is 5.78 Å². The van der Waals surface area contributed by atoms with Gasteiger partial charge in [0.25, 0.3) is 0 Å². The van der Waals surface area contributed by atoms with Gasteiger partial charge in [-0.25, -0.2) is 13.6 Å². The van der Waals surface area contributed by atoms with E-state index >= 15 is 0 Å². The Hall–Kier alpha value is -2.53. The van der Waals surface area contributed by atoms with E-state index in [-0.39, 0.29) is 29.0 Å². The number of hydrogen-bond acceptors (Lipinski definition) is 6. The van der Waals surface area contributed by atoms with Gasteiger partial charge in [-0.3, -0.25) is 14.5 Å². The molecule has 1 aromatic heterocycles. The van der Waals surface area contributed by atoms with Gasteiger partial charge >= 0.3 is 0 Å². The number of piperidine rings is 1. The van der Waals surface area contributed by atoms with E-state index < -0.39 is 10.0 Å². The lowest BCUT2D eigenvalue weighted by molar-refractivity contribution is -0.141. The SMILES string of the molecule is Cc1cc(C(=O)CN2CCC[C@@H](C(=O)N3CCOCC3)C2)c(C)n1-c1ccc(S(N)(=O)=O)cc1. The lowest BCUT2D eigenvalue weighted by Crippen LogP contribution is -2.49. The Labute approximate surface area is 200 Å². The fraction of sp³-hybridized carbons (Fsp3) is 0.500. The molecule has 2 aliphatic rings. The fourth-order valence-electron chi connectivity index (χ4n) is 4.96. The van der Waals surface area contributed by atoms with E-state index in [4.69, 9.17) is 9.88 Å². The predicted octanol–water partition coefficient (Wildman–Crippen LogP) is 1.50. The first-order valence-electron chi connectivity index (χ1n) is 11.6. The maximum absolute atomic E-state index is 13.2. The van der Waals surface area contributed by atoms with Crippen molar-refractivity contribution >= 4 is 21.7 Å². The smallest absolute Gasteiger partial charge is 0.238 e. The number of likely N-dealkylation sites (tertiary alicyclic amines) is 1. The largest absolute Gasteiger partial charge is 0.378 e. The Balaban J connectivity index is 1.46. The van der Waals surface area contributed by atoms with E-state index in [9.17, 15) is 18.0 Å². The molecule has 184 valence electrons. The van der Waals surface area contributed by atoms with E-state index in [0.29, 0.717) is 38.4 Å². The molecule has 0 bridgehead atoms. The molecule has 9 nitrogen and oxygen atoms in total. The predicted molar refractivity (Wildman–Crippen MR) is 128 cm³/mol. The minimum Gasteiger partial charge on any atom is -0.378 e. The van der Waals surface area contributed by atoms with Gasteiger partial charge in [0, 0.05) is 42.3 Å². The molecule has 0 unspecified atom stereocenters. The highest BCUT2D eigenvalue weighted by Gasteiger charge is 2.31. The van der Waals surface area contributed by atoms with Crippen LogP contribution in [0.2, 0.25) is 0 Å². The number of ketones is 1. The molecule has 2 fully saturated rings. The third-order valence-corrected chi connectivity index (χ3v) is 7.63. The summed E-state index contributed by atoms with van der Waals surface area (Å²) < 4.78 is 30.4. The van der Waals surface area contributed by atoms with E-state index in [1.165, 1.54) is 12.1 Å². The summed E-state index contributed by atoms with van der Waals surface area (Å²) in [6.45, 7) is 7.90. The van der Waals surface area contributed by atoms with Crippen molar-refractivity contribution in [3.63, 3.8) is 0 Å². The summed E-state index contributed by atoms with van der Waals surface area (Å²) in [4.78, 5) is 30.2. The average molecular weight is 489 g/mol. The molecule has 1 aromatic carbocycles. The number of hydrogen-bond donors (Lipinski definition) is 1. The van der Waals surface area contributed by atoms with Gasteiger partial charge in [-0.15, -0.1) is 0 Å². The van der Waals surface area contributed by atoms with Gasteiger partial charge in [-0.2, -0.15) is 0 Å². The zero-order valence-electron chi connectivity index (χ0n) is 19.7. The second-order valence-corrected chi connectivity index (χ2v) is 10.7. The van der Waals surface area contributed by atoms with Crippen LogP contribution in [0.3, 0.4) is 0 Å². The number of rotatable bonds is 6. The monoisotopic (exact) mass is 488 g/mol. The van der Waals surface area contributed by atoms with Crippen molar-refractivity contribution in [1.29, 1.82) is 0 Å². The topological polar surface area (TPSA) is 115 Å². The number of ether oxygens (including phenoxy) is 1. The van der Waals surface area contributed by atoms with Gasteiger partial charge in [-0.1, -0.05) is 0 Å². The van der Waals surface area contributed by atoms with Gasteiger partial charge in [0.1, 0.15) is 0 Å². The van der Waals surface area contributed by atoms with Crippen LogP contribution in [0.5, 0.6) is 0 Å². The molecule has 2 aromatic rings. The maximum Gasteiger partial charge on any atom is 0.238 e. The van der Waals surface area contributed by atoms with Crippen molar-refractivity contribution in [2.75, 3.05) is 45.9 Å². The number of benzene rings is 1. The average Bonchev–Trinajstić information content (AvgIpc) is 3.12. The van der Waals surface area contributed by atoms with Gasteiger partial charge in [0.2, 0.25) is 15.9 Å². The summed E-state index contributed by atoms with van der Waals surface area (Å²) >= 11 is 0. The number of amides is 1. The molecule has 0 saturated carbocycles. The zero-order valence-corrected chi connectivity index (χ0v) is 20.5. The molecule has 0 radical (unpaired) electrons. The Bertz CT molecular complexity index is 1170. The standard InChI is InChI=1S/C24H32N4O5S/c1-17-14-22(18(2)28(17)20-5-7-21(8-6-20)34(25,31)32)23(29)16-26-9-3-4-19(15-26)24(30)27-10-12-33-13-11-27/h5-8,14,19H,3-4,9-13,15-16H2,1-2H3,(H2,25,31,32)/t19-/m1/s1. The lowest BCUT2D eigenvalue weighted by atomic mass is 9.95. The van der Waals surface area contributed by atoms with Crippen molar-refractivity contribution in [3.05, 3.63) is 47.3 Å². The maximum atomic E-state index is 13.2. The lowest BCUT2D eigenvalue weighted by Gasteiger charge is -2.35. The number of nitrogens with zero attached hydrogens (tertiary/aromatic N) is 3. The van der Waals surface area contributed by atoms with Crippen LogP contribution < -0.4 is 5.14 Å². The second kappa shape index (κ2) is 9.99. The number of carbonyl (C=O) groups is 2. The Kier molecular flexibility index (Phi) is 7.22. The number of aromatic nitrogens is 1. The van der Waals surface area contributed by atoms with Crippen molar-refractivity contribution in [2.24, 2.45) is 11.1 Å². The Morgan fingerprint density at radius 3 is 2.41 bits per heavy atom. The molecule has 2 aliphatic heterocycles. The molecule has 2 N–H and O–H groups in total. The quantitative estimate of drug-likeness (QED) is 0.616. The molecule has 0 spiro atoms. The summed E-state index contributed by atoms with van der Waals surface area (Å²) in [5, 5.41) is 5.20. The van der Waals surface area contributed by atoms with E-state index in [0.717, 1.165) is 36.5 Å². The van der Waals surface area contributed by atoms with Crippen molar-refractivity contribution in [3.8, 4) is 5.69 Å². The Morgan fingerprint density at radius 2 is 1.76 bits per heavy atom. The third kappa shape index (κ3) is 5.25. The highest BCUT2D eigenvalue weighted by molar-refractivity contribution is 7.89. The minimum absolute atomic E-state index is 0.0139. The number of aryl methyl sites for hydroxylation is 1. The minimum atomic E-state index is -3.77. The molecule has 4 rings (SSSR count). The van der Waals surface area contributed by atoms with E-state index in [1.54, 1.807) is 12.1 Å². The molecule has 1 amide bonds. The number of morpholine rings is 1. The van der Waals surface area contributed by atoms with Crippen LogP contribution in [0, 0.1) is 19.8 Å². The first-order chi connectivity index (χ1) is 16.1. The molecule has 2 saturated heterocycles. The summed E-state index contributed by atoms with van der Waals surface area (Å²) in [6.07, 6.45) is 1.74.